The molecular formula is C19H17NO4. The standard InChI is InChI=1S/C19H17NO4/c1-12-3-7-17(23-2)14(9-12)4-6-16(21)13-5-8-18-15(10-13)20-19(22)11-24-18/h3-10H,11H2,1-2H3,(H,20,22)/b6-4+. The fourth-order valence-corrected chi connectivity index (χ4v) is 2.48. The third-order valence-electron chi connectivity index (χ3n) is 3.70. The average Bonchev–Trinajstić information content (AvgIpc) is 2.59. The highest BCUT2D eigenvalue weighted by Crippen LogP contribution is 2.29. The van der Waals surface area contributed by atoms with Gasteiger partial charge in [0, 0.05) is 11.1 Å². The Kier molecular flexibility index (Phi) is 4.33. The van der Waals surface area contributed by atoms with Gasteiger partial charge in [-0.3, -0.25) is 9.59 Å². The van der Waals surface area contributed by atoms with Gasteiger partial charge in [0.05, 0.1) is 12.8 Å². The molecule has 1 amide bonds. The lowest BCUT2D eigenvalue weighted by Crippen LogP contribution is -2.25. The van der Waals surface area contributed by atoms with Crippen molar-refractivity contribution in [1.29, 1.82) is 0 Å². The number of ketones is 1. The van der Waals surface area contributed by atoms with Crippen LogP contribution >= 0.6 is 0 Å². The molecule has 24 heavy (non-hydrogen) atoms. The number of benzene rings is 2. The van der Waals surface area contributed by atoms with Crippen molar-refractivity contribution in [2.75, 3.05) is 19.0 Å². The molecule has 1 heterocycles. The maximum absolute atomic E-state index is 12.4. The Morgan fingerprint density at radius 1 is 1.25 bits per heavy atom. The first kappa shape index (κ1) is 15.8. The molecule has 0 aliphatic carbocycles. The van der Waals surface area contributed by atoms with Crippen molar-refractivity contribution in [2.45, 2.75) is 6.92 Å². The van der Waals surface area contributed by atoms with Crippen LogP contribution in [0.3, 0.4) is 0 Å². The Bertz CT molecular complexity index is 839. The summed E-state index contributed by atoms with van der Waals surface area (Å²) in [5.74, 6) is 0.875. The smallest absolute Gasteiger partial charge is 0.262 e. The van der Waals surface area contributed by atoms with Crippen LogP contribution in [-0.4, -0.2) is 25.4 Å². The number of hydrogen-bond donors (Lipinski definition) is 1. The van der Waals surface area contributed by atoms with Gasteiger partial charge in [-0.25, -0.2) is 0 Å². The fraction of sp³-hybridized carbons (Fsp3) is 0.158. The molecule has 0 bridgehead atoms. The summed E-state index contributed by atoms with van der Waals surface area (Å²) < 4.78 is 10.6. The number of allylic oxidation sites excluding steroid dienone is 1. The summed E-state index contributed by atoms with van der Waals surface area (Å²) in [5, 5.41) is 2.69. The van der Waals surface area contributed by atoms with E-state index in [9.17, 15) is 9.59 Å². The van der Waals surface area contributed by atoms with Gasteiger partial charge >= 0.3 is 0 Å². The summed E-state index contributed by atoms with van der Waals surface area (Å²) >= 11 is 0. The molecule has 5 heteroatoms. The molecule has 1 aliphatic rings. The number of rotatable bonds is 4. The van der Waals surface area contributed by atoms with Gasteiger partial charge < -0.3 is 14.8 Å². The van der Waals surface area contributed by atoms with E-state index in [1.807, 2.05) is 25.1 Å². The Balaban J connectivity index is 1.84. The SMILES string of the molecule is COc1ccc(C)cc1/C=C/C(=O)c1ccc2c(c1)NC(=O)CO2. The van der Waals surface area contributed by atoms with Gasteiger partial charge in [0.15, 0.2) is 12.4 Å². The number of amides is 1. The fourth-order valence-electron chi connectivity index (χ4n) is 2.48. The number of fused-ring (bicyclic) bond motifs is 1. The maximum Gasteiger partial charge on any atom is 0.262 e. The first-order chi connectivity index (χ1) is 11.6. The Morgan fingerprint density at radius 2 is 2.08 bits per heavy atom. The van der Waals surface area contributed by atoms with Crippen LogP contribution in [0.15, 0.2) is 42.5 Å². The molecule has 3 rings (SSSR count). The quantitative estimate of drug-likeness (QED) is 0.693. The summed E-state index contributed by atoms with van der Waals surface area (Å²) in [5.41, 5.74) is 2.90. The summed E-state index contributed by atoms with van der Waals surface area (Å²) in [7, 11) is 1.59. The van der Waals surface area contributed by atoms with Gasteiger partial charge in [-0.2, -0.15) is 0 Å². The highest BCUT2D eigenvalue weighted by molar-refractivity contribution is 6.08. The third-order valence-corrected chi connectivity index (χ3v) is 3.70. The van der Waals surface area contributed by atoms with E-state index in [1.54, 1.807) is 31.4 Å². The zero-order valence-electron chi connectivity index (χ0n) is 13.5. The Morgan fingerprint density at radius 3 is 2.88 bits per heavy atom. The van der Waals surface area contributed by atoms with Crippen LogP contribution in [0.25, 0.3) is 6.08 Å². The van der Waals surface area contributed by atoms with Crippen LogP contribution in [0.5, 0.6) is 11.5 Å². The molecule has 0 fully saturated rings. The van der Waals surface area contributed by atoms with Crippen LogP contribution < -0.4 is 14.8 Å². The predicted molar refractivity (Wildman–Crippen MR) is 91.7 cm³/mol. The lowest BCUT2D eigenvalue weighted by Gasteiger charge is -2.18. The number of methoxy groups -OCH3 is 1. The minimum Gasteiger partial charge on any atom is -0.496 e. The number of ether oxygens (including phenoxy) is 2. The van der Waals surface area contributed by atoms with E-state index in [0.717, 1.165) is 11.1 Å². The molecule has 2 aromatic carbocycles. The predicted octanol–water partition coefficient (Wildman–Crippen LogP) is 3.23. The van der Waals surface area contributed by atoms with E-state index in [4.69, 9.17) is 9.47 Å². The second-order valence-corrected chi connectivity index (χ2v) is 5.49. The molecule has 0 unspecified atom stereocenters. The van der Waals surface area contributed by atoms with Crippen molar-refractivity contribution in [3.05, 3.63) is 59.2 Å². The van der Waals surface area contributed by atoms with E-state index in [-0.39, 0.29) is 18.3 Å². The van der Waals surface area contributed by atoms with Crippen molar-refractivity contribution in [3.63, 3.8) is 0 Å². The van der Waals surface area contributed by atoms with Gasteiger partial charge in [-0.15, -0.1) is 0 Å². The number of anilines is 1. The summed E-state index contributed by atoms with van der Waals surface area (Å²) in [6, 6.07) is 10.7. The summed E-state index contributed by atoms with van der Waals surface area (Å²) in [6.45, 7) is 1.97. The van der Waals surface area contributed by atoms with E-state index in [2.05, 4.69) is 5.32 Å². The third kappa shape index (κ3) is 3.30. The van der Waals surface area contributed by atoms with Crippen molar-refractivity contribution < 1.29 is 19.1 Å². The molecule has 0 aromatic heterocycles. The van der Waals surface area contributed by atoms with Crippen molar-refractivity contribution >= 4 is 23.5 Å². The highest BCUT2D eigenvalue weighted by atomic mass is 16.5. The monoisotopic (exact) mass is 323 g/mol. The first-order valence-electron chi connectivity index (χ1n) is 7.50. The van der Waals surface area contributed by atoms with E-state index in [0.29, 0.717) is 22.7 Å². The average molecular weight is 323 g/mol. The molecule has 1 aliphatic heterocycles. The van der Waals surface area contributed by atoms with E-state index >= 15 is 0 Å². The van der Waals surface area contributed by atoms with Crippen molar-refractivity contribution in [3.8, 4) is 11.5 Å². The zero-order valence-corrected chi connectivity index (χ0v) is 13.5. The molecule has 0 saturated heterocycles. The minimum absolute atomic E-state index is 0.00660. The van der Waals surface area contributed by atoms with Crippen LogP contribution in [0.2, 0.25) is 0 Å². The molecule has 0 spiro atoms. The van der Waals surface area contributed by atoms with Gasteiger partial charge in [-0.1, -0.05) is 11.6 Å². The van der Waals surface area contributed by atoms with Crippen LogP contribution in [0.1, 0.15) is 21.5 Å². The molecule has 0 atom stereocenters. The minimum atomic E-state index is -0.230. The van der Waals surface area contributed by atoms with Crippen molar-refractivity contribution in [1.82, 2.24) is 0 Å². The Labute approximate surface area is 139 Å². The maximum atomic E-state index is 12.4. The molecule has 1 N–H and O–H groups in total. The summed E-state index contributed by atoms with van der Waals surface area (Å²) in [6.07, 6.45) is 3.22. The zero-order chi connectivity index (χ0) is 17.1. The first-order valence-corrected chi connectivity index (χ1v) is 7.50. The van der Waals surface area contributed by atoms with E-state index < -0.39 is 0 Å². The molecule has 2 aromatic rings. The second-order valence-electron chi connectivity index (χ2n) is 5.49. The van der Waals surface area contributed by atoms with Gasteiger partial charge in [0.25, 0.3) is 5.91 Å². The largest absolute Gasteiger partial charge is 0.496 e. The normalized spacial score (nSPS) is 13.2. The lowest BCUT2D eigenvalue weighted by molar-refractivity contribution is -0.118. The van der Waals surface area contributed by atoms with Gasteiger partial charge in [-0.05, 0) is 49.4 Å². The number of hydrogen-bond acceptors (Lipinski definition) is 4. The highest BCUT2D eigenvalue weighted by Gasteiger charge is 2.17. The van der Waals surface area contributed by atoms with Gasteiger partial charge in [0.1, 0.15) is 11.5 Å². The van der Waals surface area contributed by atoms with E-state index in [1.165, 1.54) is 6.08 Å². The number of nitrogens with one attached hydrogen (secondary N) is 1. The lowest BCUT2D eigenvalue weighted by atomic mass is 10.1. The second kappa shape index (κ2) is 6.58. The molecule has 0 radical (unpaired) electrons. The topological polar surface area (TPSA) is 64.6 Å². The molecule has 122 valence electrons. The Hall–Kier alpha value is -3.08. The van der Waals surface area contributed by atoms with Crippen LogP contribution in [0, 0.1) is 6.92 Å². The molecule has 0 saturated carbocycles. The number of aryl methyl sites for hydroxylation is 1. The summed E-state index contributed by atoms with van der Waals surface area (Å²) in [4.78, 5) is 23.8. The van der Waals surface area contributed by atoms with Crippen LogP contribution in [-0.2, 0) is 4.79 Å². The molecular weight excluding hydrogens is 306 g/mol. The number of carbonyl (C=O) groups is 2. The number of carbonyl (C=O) groups excluding carboxylic acids is 2. The molecule has 5 nitrogen and oxygen atoms in total. The van der Waals surface area contributed by atoms with Gasteiger partial charge in [0.2, 0.25) is 0 Å². The van der Waals surface area contributed by atoms with Crippen molar-refractivity contribution in [2.24, 2.45) is 0 Å². The van der Waals surface area contributed by atoms with Crippen LogP contribution in [0.4, 0.5) is 5.69 Å².